The molecule has 1 aliphatic carbocycles. The maximum atomic E-state index is 12.8. The zero-order valence-electron chi connectivity index (χ0n) is 22.4. The van der Waals surface area contributed by atoms with E-state index in [9.17, 15) is 9.59 Å². The van der Waals surface area contributed by atoms with Gasteiger partial charge >= 0.3 is 5.97 Å². The first-order valence-electron chi connectivity index (χ1n) is 13.0. The van der Waals surface area contributed by atoms with Crippen molar-refractivity contribution in [3.05, 3.63) is 70.2 Å². The highest BCUT2D eigenvalue weighted by atomic mass is 35.5. The van der Waals surface area contributed by atoms with E-state index in [1.807, 2.05) is 32.7 Å². The number of carbonyl (C=O) groups excluding carboxylic acids is 2. The van der Waals surface area contributed by atoms with Gasteiger partial charge in [0.15, 0.2) is 0 Å². The molecule has 36 heavy (non-hydrogen) atoms. The van der Waals surface area contributed by atoms with E-state index in [-0.39, 0.29) is 17.9 Å². The van der Waals surface area contributed by atoms with Crippen molar-refractivity contribution in [2.45, 2.75) is 71.4 Å². The highest BCUT2D eigenvalue weighted by Crippen LogP contribution is 2.35. The molecule has 2 aromatic rings. The van der Waals surface area contributed by atoms with Crippen LogP contribution in [0.25, 0.3) is 0 Å². The molecule has 5 nitrogen and oxygen atoms in total. The zero-order valence-corrected chi connectivity index (χ0v) is 23.2. The normalized spacial score (nSPS) is 18.2. The molecular weight excluding hydrogens is 472 g/mol. The lowest BCUT2D eigenvalue weighted by atomic mass is 9.81. The van der Waals surface area contributed by atoms with Crippen LogP contribution in [-0.4, -0.2) is 55.0 Å². The summed E-state index contributed by atoms with van der Waals surface area (Å²) in [7, 11) is 4.02. The number of amides is 1. The number of nitrogens with zero attached hydrogens (tertiary/aromatic N) is 2. The van der Waals surface area contributed by atoms with Gasteiger partial charge in [-0.2, -0.15) is 0 Å². The highest BCUT2D eigenvalue weighted by molar-refractivity contribution is 6.30. The third kappa shape index (κ3) is 8.07. The third-order valence-corrected chi connectivity index (χ3v) is 7.34. The van der Waals surface area contributed by atoms with Crippen molar-refractivity contribution < 1.29 is 14.3 Å². The molecule has 1 amide bonds. The predicted molar refractivity (Wildman–Crippen MR) is 146 cm³/mol. The van der Waals surface area contributed by atoms with Gasteiger partial charge in [0.05, 0.1) is 12.0 Å². The summed E-state index contributed by atoms with van der Waals surface area (Å²) in [4.78, 5) is 28.9. The maximum Gasteiger partial charge on any atom is 0.311 e. The molecule has 0 radical (unpaired) electrons. The van der Waals surface area contributed by atoms with Gasteiger partial charge in [0.25, 0.3) is 5.91 Å². The molecule has 2 aromatic carbocycles. The number of carbonyl (C=O) groups is 2. The van der Waals surface area contributed by atoms with Crippen LogP contribution in [0.3, 0.4) is 0 Å². The smallest absolute Gasteiger partial charge is 0.311 e. The number of hydrogen-bond acceptors (Lipinski definition) is 4. The molecule has 0 spiro atoms. The summed E-state index contributed by atoms with van der Waals surface area (Å²) in [6, 6.07) is 16.4. The van der Waals surface area contributed by atoms with E-state index in [2.05, 4.69) is 36.2 Å². The van der Waals surface area contributed by atoms with Crippen LogP contribution in [0.5, 0.6) is 0 Å². The van der Waals surface area contributed by atoms with Gasteiger partial charge in [-0.05, 0) is 101 Å². The Bertz CT molecular complexity index is 990. The number of hydrogen-bond donors (Lipinski definition) is 0. The quantitative estimate of drug-likeness (QED) is 0.282. The molecule has 196 valence electrons. The minimum atomic E-state index is -0.447. The van der Waals surface area contributed by atoms with Crippen LogP contribution in [0.4, 0.5) is 0 Å². The number of halogens is 1. The molecule has 0 atom stereocenters. The molecule has 0 aromatic heterocycles. The lowest BCUT2D eigenvalue weighted by Gasteiger charge is -2.35. The van der Waals surface area contributed by atoms with Crippen molar-refractivity contribution in [2.24, 2.45) is 5.41 Å². The van der Waals surface area contributed by atoms with Crippen LogP contribution in [0.15, 0.2) is 48.5 Å². The lowest BCUT2D eigenvalue weighted by Crippen LogP contribution is -2.39. The summed E-state index contributed by atoms with van der Waals surface area (Å²) in [5.41, 5.74) is 2.92. The SMILES string of the molecule is CN(CCCOC(=O)C(C)(C)C)Cc1ccc(C2CCC(N(C)C(=O)c3ccc(Cl)cc3)CC2)cc1. The fourth-order valence-corrected chi connectivity index (χ4v) is 4.89. The molecule has 0 unspecified atom stereocenters. The van der Waals surface area contributed by atoms with Gasteiger partial charge in [-0.25, -0.2) is 0 Å². The van der Waals surface area contributed by atoms with Gasteiger partial charge in [-0.3, -0.25) is 9.59 Å². The number of esters is 1. The van der Waals surface area contributed by atoms with E-state index in [1.165, 1.54) is 11.1 Å². The second-order valence-corrected chi connectivity index (χ2v) is 11.6. The molecule has 0 N–H and O–H groups in total. The largest absolute Gasteiger partial charge is 0.465 e. The molecule has 0 heterocycles. The Morgan fingerprint density at radius 1 is 0.944 bits per heavy atom. The van der Waals surface area contributed by atoms with Gasteiger partial charge < -0.3 is 14.5 Å². The zero-order chi connectivity index (χ0) is 26.3. The molecule has 1 saturated carbocycles. The monoisotopic (exact) mass is 512 g/mol. The average Bonchev–Trinajstić information content (AvgIpc) is 2.86. The molecule has 0 bridgehead atoms. The molecule has 0 aliphatic heterocycles. The van der Waals surface area contributed by atoms with Crippen LogP contribution in [0.1, 0.15) is 80.3 Å². The van der Waals surface area contributed by atoms with E-state index in [0.29, 0.717) is 23.1 Å². The lowest BCUT2D eigenvalue weighted by molar-refractivity contribution is -0.153. The van der Waals surface area contributed by atoms with Crippen molar-refractivity contribution in [1.82, 2.24) is 9.80 Å². The number of rotatable bonds is 9. The minimum absolute atomic E-state index is 0.0657. The van der Waals surface area contributed by atoms with Crippen LogP contribution in [0.2, 0.25) is 5.02 Å². The van der Waals surface area contributed by atoms with Gasteiger partial charge in [0.2, 0.25) is 0 Å². The van der Waals surface area contributed by atoms with Gasteiger partial charge in [0.1, 0.15) is 0 Å². The molecule has 1 fully saturated rings. The van der Waals surface area contributed by atoms with Crippen molar-refractivity contribution in [1.29, 1.82) is 0 Å². The third-order valence-electron chi connectivity index (χ3n) is 7.09. The highest BCUT2D eigenvalue weighted by Gasteiger charge is 2.28. The summed E-state index contributed by atoms with van der Waals surface area (Å²) in [5.74, 6) is 0.468. The van der Waals surface area contributed by atoms with E-state index < -0.39 is 5.41 Å². The Hall–Kier alpha value is -2.37. The molecule has 6 heteroatoms. The second kappa shape index (κ2) is 12.7. The molecule has 3 rings (SSSR count). The molecule has 0 saturated heterocycles. The molecule has 1 aliphatic rings. The first-order valence-corrected chi connectivity index (χ1v) is 13.4. The summed E-state index contributed by atoms with van der Waals surface area (Å²) < 4.78 is 5.36. The first-order chi connectivity index (χ1) is 17.0. The number of ether oxygens (including phenoxy) is 1. The van der Waals surface area contributed by atoms with E-state index in [0.717, 1.165) is 45.2 Å². The Morgan fingerprint density at radius 2 is 1.56 bits per heavy atom. The summed E-state index contributed by atoms with van der Waals surface area (Å²) in [6.45, 7) is 7.84. The fourth-order valence-electron chi connectivity index (χ4n) is 4.76. The van der Waals surface area contributed by atoms with Crippen molar-refractivity contribution in [3.63, 3.8) is 0 Å². The predicted octanol–water partition coefficient (Wildman–Crippen LogP) is 6.55. The van der Waals surface area contributed by atoms with Crippen molar-refractivity contribution in [3.8, 4) is 0 Å². The van der Waals surface area contributed by atoms with Gasteiger partial charge in [-0.1, -0.05) is 35.9 Å². The average molecular weight is 513 g/mol. The van der Waals surface area contributed by atoms with Crippen LogP contribution in [0, 0.1) is 5.41 Å². The first kappa shape index (κ1) is 28.2. The minimum Gasteiger partial charge on any atom is -0.465 e. The van der Waals surface area contributed by atoms with Gasteiger partial charge in [0, 0.05) is 36.8 Å². The Labute approximate surface area is 221 Å². The maximum absolute atomic E-state index is 12.8. The summed E-state index contributed by atoms with van der Waals surface area (Å²) in [6.07, 6.45) is 5.05. The Kier molecular flexibility index (Phi) is 9.98. The Morgan fingerprint density at radius 3 is 2.14 bits per heavy atom. The summed E-state index contributed by atoms with van der Waals surface area (Å²) >= 11 is 5.96. The van der Waals surface area contributed by atoms with E-state index in [4.69, 9.17) is 16.3 Å². The number of benzene rings is 2. The topological polar surface area (TPSA) is 49.9 Å². The Balaban J connectivity index is 1.41. The fraction of sp³-hybridized carbons (Fsp3) is 0.533. The van der Waals surface area contributed by atoms with E-state index >= 15 is 0 Å². The van der Waals surface area contributed by atoms with Crippen molar-refractivity contribution in [2.75, 3.05) is 27.2 Å². The molecular formula is C30H41ClN2O3. The second-order valence-electron chi connectivity index (χ2n) is 11.1. The standard InChI is InChI=1S/C30H41ClN2O3/c1-30(2,3)29(35)36-20-6-19-32(4)21-22-7-9-23(10-8-22)24-13-17-27(18-14-24)33(5)28(34)25-11-15-26(31)16-12-25/h7-12,15-16,24,27H,6,13-14,17-21H2,1-5H3. The van der Waals surface area contributed by atoms with Crippen LogP contribution >= 0.6 is 11.6 Å². The van der Waals surface area contributed by atoms with E-state index in [1.54, 1.807) is 24.3 Å². The van der Waals surface area contributed by atoms with Crippen molar-refractivity contribution >= 4 is 23.5 Å². The van der Waals surface area contributed by atoms with Crippen LogP contribution in [-0.2, 0) is 16.1 Å². The van der Waals surface area contributed by atoms with Crippen LogP contribution < -0.4 is 0 Å². The van der Waals surface area contributed by atoms with Gasteiger partial charge in [-0.15, -0.1) is 0 Å². The summed E-state index contributed by atoms with van der Waals surface area (Å²) in [5, 5.41) is 0.645.